The molecule has 1 aliphatic carbocycles. The summed E-state index contributed by atoms with van der Waals surface area (Å²) < 4.78 is 4.25. The minimum absolute atomic E-state index is 0.788. The lowest BCUT2D eigenvalue weighted by Crippen LogP contribution is -2.21. The van der Waals surface area contributed by atoms with E-state index in [1.807, 2.05) is 31.7 Å². The predicted molar refractivity (Wildman–Crippen MR) is 143 cm³/mol. The Kier molecular flexibility index (Phi) is 17.2. The molecule has 6 heteroatoms. The Hall–Kier alpha value is -1.63. The van der Waals surface area contributed by atoms with Gasteiger partial charge in [0.1, 0.15) is 0 Å². The monoisotopic (exact) mass is 493 g/mol. The zero-order valence-corrected chi connectivity index (χ0v) is 21.2. The van der Waals surface area contributed by atoms with Gasteiger partial charge in [-0.3, -0.25) is 0 Å². The van der Waals surface area contributed by atoms with Gasteiger partial charge in [-0.05, 0) is 35.8 Å². The summed E-state index contributed by atoms with van der Waals surface area (Å²) in [5.74, 6) is 2.75. The van der Waals surface area contributed by atoms with E-state index < -0.39 is 0 Å². The Morgan fingerprint density at radius 1 is 1.10 bits per heavy atom. The molecule has 0 saturated heterocycles. The van der Waals surface area contributed by atoms with Crippen LogP contribution in [-0.4, -0.2) is 44.7 Å². The highest BCUT2D eigenvalue weighted by Crippen LogP contribution is 2.44. The number of benzene rings is 2. The zero-order chi connectivity index (χ0) is 22.8. The Labute approximate surface area is 195 Å². The van der Waals surface area contributed by atoms with Crippen molar-refractivity contribution in [1.82, 2.24) is 0 Å². The highest BCUT2D eigenvalue weighted by molar-refractivity contribution is 9.09. The van der Waals surface area contributed by atoms with E-state index in [0.717, 1.165) is 23.0 Å². The van der Waals surface area contributed by atoms with Gasteiger partial charge in [0.15, 0.2) is 0 Å². The largest absolute Gasteiger partial charge is 0.388 e. The average Bonchev–Trinajstić information content (AvgIpc) is 3.64. The second kappa shape index (κ2) is 18.2. The number of alkyl halides is 1. The van der Waals surface area contributed by atoms with Crippen molar-refractivity contribution in [3.8, 4) is 0 Å². The van der Waals surface area contributed by atoms with Crippen LogP contribution in [-0.2, 0) is 4.74 Å². The molecule has 2 aromatic rings. The third kappa shape index (κ3) is 9.92. The molecular formula is C24H36BrN3OS. The lowest BCUT2D eigenvalue weighted by Gasteiger charge is -2.24. The fourth-order valence-electron chi connectivity index (χ4n) is 2.75. The van der Waals surface area contributed by atoms with Gasteiger partial charge in [-0.2, -0.15) is 10.2 Å². The third-order valence-electron chi connectivity index (χ3n) is 4.02. The topological polar surface area (TPSA) is 37.2 Å². The summed E-state index contributed by atoms with van der Waals surface area (Å²) in [5.41, 5.74) is 3.70. The first-order valence-electron chi connectivity index (χ1n) is 10.0. The summed E-state index contributed by atoms with van der Waals surface area (Å²) in [6.45, 7) is 13.8. The van der Waals surface area contributed by atoms with Crippen LogP contribution in [0, 0.1) is 0 Å². The van der Waals surface area contributed by atoms with Gasteiger partial charge >= 0.3 is 0 Å². The smallest absolute Gasteiger partial charge is 0.0744 e. The van der Waals surface area contributed by atoms with Crippen molar-refractivity contribution >= 4 is 57.6 Å². The van der Waals surface area contributed by atoms with Crippen molar-refractivity contribution in [3.05, 3.63) is 54.6 Å². The van der Waals surface area contributed by atoms with Gasteiger partial charge in [-0.15, -0.1) is 18.3 Å². The number of fused-ring (bicyclic) bond motifs is 1. The van der Waals surface area contributed by atoms with Crippen LogP contribution in [0.15, 0.2) is 59.3 Å². The van der Waals surface area contributed by atoms with E-state index in [-0.39, 0.29) is 0 Å². The zero-order valence-electron chi connectivity index (χ0n) is 18.8. The molecule has 1 aliphatic rings. The summed E-state index contributed by atoms with van der Waals surface area (Å²) in [4.78, 5) is 2.38. The number of hydrogen-bond acceptors (Lipinski definition) is 5. The Balaban J connectivity index is 0.000000806. The second-order valence-corrected chi connectivity index (χ2v) is 7.63. The molecule has 0 atom stereocenters. The molecule has 0 heterocycles. The molecule has 4 nitrogen and oxygen atoms in total. The van der Waals surface area contributed by atoms with Gasteiger partial charge in [-0.25, -0.2) is 0 Å². The standard InChI is InChI=1S/C18H20BrNS.C2H4N2.C2H6O.C2H6/c1-2-11-21-13-20(12-19)18-10-9-15(14-7-8-14)16-5-3-4-6-17(16)18;1-3-4-2;1-3-2;1-2/h2-6,9-10,14H,1,7-8,11-13H2;1-2H2;1-2H3;1-2H3. The molecule has 0 spiro atoms. The van der Waals surface area contributed by atoms with E-state index in [1.54, 1.807) is 14.2 Å². The summed E-state index contributed by atoms with van der Waals surface area (Å²) in [6.07, 6.45) is 4.66. The van der Waals surface area contributed by atoms with Crippen molar-refractivity contribution in [2.24, 2.45) is 10.2 Å². The van der Waals surface area contributed by atoms with Gasteiger partial charge in [-0.1, -0.05) is 66.2 Å². The first-order chi connectivity index (χ1) is 14.7. The van der Waals surface area contributed by atoms with Crippen LogP contribution in [0.5, 0.6) is 0 Å². The maximum Gasteiger partial charge on any atom is 0.0744 e. The molecule has 0 bridgehead atoms. The maximum absolute atomic E-state index is 4.25. The van der Waals surface area contributed by atoms with Gasteiger partial charge in [0.05, 0.1) is 11.3 Å². The fraction of sp³-hybridized carbons (Fsp3) is 0.417. The Morgan fingerprint density at radius 3 is 2.13 bits per heavy atom. The van der Waals surface area contributed by atoms with Crippen LogP contribution in [0.1, 0.15) is 38.2 Å². The van der Waals surface area contributed by atoms with Crippen LogP contribution in [0.4, 0.5) is 5.69 Å². The maximum atomic E-state index is 4.25. The molecule has 3 rings (SSSR count). The highest BCUT2D eigenvalue weighted by atomic mass is 79.9. The normalized spacial score (nSPS) is 11.5. The van der Waals surface area contributed by atoms with Crippen molar-refractivity contribution < 1.29 is 4.74 Å². The molecule has 0 aliphatic heterocycles. The van der Waals surface area contributed by atoms with E-state index in [0.29, 0.717) is 0 Å². The Bertz CT molecular complexity index is 744. The second-order valence-electron chi connectivity index (χ2n) is 6.13. The SMILES string of the molecule is C=CCSCN(CBr)c1ccc(C2CC2)c2ccccc12.C=NN=C.CC.COC. The fourth-order valence-corrected chi connectivity index (χ4v) is 4.15. The molecular weight excluding hydrogens is 458 g/mol. The van der Waals surface area contributed by atoms with Gasteiger partial charge in [0.25, 0.3) is 0 Å². The van der Waals surface area contributed by atoms with Crippen molar-refractivity contribution in [2.45, 2.75) is 32.6 Å². The molecule has 1 saturated carbocycles. The number of rotatable bonds is 8. The molecule has 0 N–H and O–H groups in total. The van der Waals surface area contributed by atoms with E-state index >= 15 is 0 Å². The molecule has 166 valence electrons. The van der Waals surface area contributed by atoms with Crippen LogP contribution in [0.2, 0.25) is 0 Å². The summed E-state index contributed by atoms with van der Waals surface area (Å²) in [5, 5.41) is 8.80. The molecule has 0 unspecified atom stereocenters. The summed E-state index contributed by atoms with van der Waals surface area (Å²) >= 11 is 5.53. The van der Waals surface area contributed by atoms with Crippen molar-refractivity contribution in [3.63, 3.8) is 0 Å². The molecule has 2 aromatic carbocycles. The van der Waals surface area contributed by atoms with Crippen LogP contribution < -0.4 is 4.90 Å². The number of nitrogens with zero attached hydrogens (tertiary/aromatic N) is 3. The average molecular weight is 495 g/mol. The lowest BCUT2D eigenvalue weighted by atomic mass is 9.99. The number of ether oxygens (including phenoxy) is 1. The van der Waals surface area contributed by atoms with Crippen LogP contribution in [0.25, 0.3) is 10.8 Å². The first kappa shape index (κ1) is 28.4. The number of thioether (sulfide) groups is 1. The van der Waals surface area contributed by atoms with E-state index in [9.17, 15) is 0 Å². The molecule has 0 radical (unpaired) electrons. The van der Waals surface area contributed by atoms with Gasteiger partial charge in [0.2, 0.25) is 0 Å². The molecule has 0 amide bonds. The van der Waals surface area contributed by atoms with Gasteiger partial charge in [0, 0.05) is 44.5 Å². The van der Waals surface area contributed by atoms with Crippen LogP contribution >= 0.6 is 27.7 Å². The van der Waals surface area contributed by atoms with Crippen LogP contribution in [0.3, 0.4) is 0 Å². The van der Waals surface area contributed by atoms with Crippen molar-refractivity contribution in [2.75, 3.05) is 36.2 Å². The molecule has 30 heavy (non-hydrogen) atoms. The Morgan fingerprint density at radius 2 is 1.67 bits per heavy atom. The van der Waals surface area contributed by atoms with E-state index in [2.05, 4.69) is 92.2 Å². The van der Waals surface area contributed by atoms with Crippen molar-refractivity contribution in [1.29, 1.82) is 0 Å². The first-order valence-corrected chi connectivity index (χ1v) is 12.3. The minimum Gasteiger partial charge on any atom is -0.388 e. The summed E-state index contributed by atoms with van der Waals surface area (Å²) in [6, 6.07) is 13.5. The lowest BCUT2D eigenvalue weighted by molar-refractivity contribution is 0.277. The predicted octanol–water partition coefficient (Wildman–Crippen LogP) is 7.34. The van der Waals surface area contributed by atoms with Gasteiger partial charge < -0.3 is 9.64 Å². The third-order valence-corrected chi connectivity index (χ3v) is 5.59. The van der Waals surface area contributed by atoms with E-state index in [1.165, 1.54) is 34.9 Å². The molecule has 0 aromatic heterocycles. The quantitative estimate of drug-likeness (QED) is 0.0733. The molecule has 1 fully saturated rings. The number of anilines is 1. The summed E-state index contributed by atoms with van der Waals surface area (Å²) in [7, 11) is 3.25. The highest BCUT2D eigenvalue weighted by Gasteiger charge is 2.26. The number of halogens is 1. The minimum atomic E-state index is 0.788. The number of methoxy groups -OCH3 is 1. The van der Waals surface area contributed by atoms with E-state index in [4.69, 9.17) is 0 Å². The number of hydrogen-bond donors (Lipinski definition) is 0.